The monoisotopic (exact) mass is 430 g/mol. The van der Waals surface area contributed by atoms with Gasteiger partial charge in [0, 0.05) is 28.1 Å². The predicted molar refractivity (Wildman–Crippen MR) is 106 cm³/mol. The largest absolute Gasteiger partial charge is 0.497 e. The highest BCUT2D eigenvalue weighted by atomic mass is 79.9. The summed E-state index contributed by atoms with van der Waals surface area (Å²) in [6.45, 7) is 0. The molecule has 1 aromatic heterocycles. The maximum Gasteiger partial charge on any atom is 0.287 e. The standard InChI is InChI=1S/C19H15BrN2O3S/c1-25-16-8-2-13(3-9-16)17(23)12-26-18-19(24)22(11-10-21-18)15-6-4-14(20)5-7-15/h2-11H,12H2,1H3. The summed E-state index contributed by atoms with van der Waals surface area (Å²) in [4.78, 5) is 29.1. The Balaban J connectivity index is 1.75. The third-order valence-electron chi connectivity index (χ3n) is 3.67. The summed E-state index contributed by atoms with van der Waals surface area (Å²) in [6.07, 6.45) is 3.17. The molecule has 0 spiro atoms. The molecule has 0 N–H and O–H groups in total. The number of hydrogen-bond donors (Lipinski definition) is 0. The number of halogens is 1. The first kappa shape index (κ1) is 18.4. The summed E-state index contributed by atoms with van der Waals surface area (Å²) in [7, 11) is 1.57. The Morgan fingerprint density at radius 1 is 1.15 bits per heavy atom. The number of nitrogens with zero attached hydrogens (tertiary/aromatic N) is 2. The van der Waals surface area contributed by atoms with E-state index >= 15 is 0 Å². The average Bonchev–Trinajstić information content (AvgIpc) is 2.68. The number of benzene rings is 2. The maximum atomic E-state index is 12.6. The van der Waals surface area contributed by atoms with Crippen molar-refractivity contribution in [2.24, 2.45) is 0 Å². The van der Waals surface area contributed by atoms with Crippen molar-refractivity contribution in [3.63, 3.8) is 0 Å². The fourth-order valence-electron chi connectivity index (χ4n) is 2.29. The molecule has 2 aromatic carbocycles. The van der Waals surface area contributed by atoms with Gasteiger partial charge in [0.1, 0.15) is 5.75 Å². The van der Waals surface area contributed by atoms with E-state index in [1.54, 1.807) is 43.8 Å². The average molecular weight is 431 g/mol. The van der Waals surface area contributed by atoms with Crippen molar-refractivity contribution in [2.45, 2.75) is 5.03 Å². The van der Waals surface area contributed by atoms with Gasteiger partial charge in [0.2, 0.25) is 0 Å². The first-order valence-electron chi connectivity index (χ1n) is 7.72. The van der Waals surface area contributed by atoms with Crippen molar-refractivity contribution in [1.82, 2.24) is 9.55 Å². The molecule has 0 fully saturated rings. The van der Waals surface area contributed by atoms with Crippen molar-refractivity contribution in [2.75, 3.05) is 12.9 Å². The number of Topliss-reactive ketones (excluding diaryl/α,β-unsaturated/α-hetero) is 1. The van der Waals surface area contributed by atoms with Gasteiger partial charge in [-0.2, -0.15) is 0 Å². The quantitative estimate of drug-likeness (QED) is 0.437. The minimum absolute atomic E-state index is 0.0714. The summed E-state index contributed by atoms with van der Waals surface area (Å²) in [5.74, 6) is 0.757. The molecule has 0 aliphatic rings. The normalized spacial score (nSPS) is 10.5. The van der Waals surface area contributed by atoms with Crippen LogP contribution in [0.5, 0.6) is 5.75 Å². The van der Waals surface area contributed by atoms with Crippen LogP contribution in [0.4, 0.5) is 0 Å². The van der Waals surface area contributed by atoms with Crippen LogP contribution < -0.4 is 10.3 Å². The summed E-state index contributed by atoms with van der Waals surface area (Å²) in [5.41, 5.74) is 1.06. The molecule has 5 nitrogen and oxygen atoms in total. The van der Waals surface area contributed by atoms with E-state index in [1.807, 2.05) is 24.3 Å². The molecular formula is C19H15BrN2O3S. The van der Waals surface area contributed by atoms with Crippen molar-refractivity contribution >= 4 is 33.5 Å². The number of aromatic nitrogens is 2. The van der Waals surface area contributed by atoms with Gasteiger partial charge in [0.25, 0.3) is 5.56 Å². The van der Waals surface area contributed by atoms with E-state index in [1.165, 1.54) is 4.57 Å². The SMILES string of the molecule is COc1ccc(C(=O)CSc2nccn(-c3ccc(Br)cc3)c2=O)cc1. The molecule has 0 amide bonds. The van der Waals surface area contributed by atoms with Gasteiger partial charge in [-0.25, -0.2) is 4.98 Å². The van der Waals surface area contributed by atoms with E-state index in [0.717, 1.165) is 21.9 Å². The highest BCUT2D eigenvalue weighted by Crippen LogP contribution is 2.17. The fraction of sp³-hybridized carbons (Fsp3) is 0.105. The van der Waals surface area contributed by atoms with Gasteiger partial charge in [-0.1, -0.05) is 27.7 Å². The van der Waals surface area contributed by atoms with E-state index in [4.69, 9.17) is 4.74 Å². The van der Waals surface area contributed by atoms with Gasteiger partial charge in [0.05, 0.1) is 12.9 Å². The molecule has 0 saturated heterocycles. The Kier molecular flexibility index (Phi) is 5.90. The van der Waals surface area contributed by atoms with Crippen LogP contribution in [0.1, 0.15) is 10.4 Å². The third kappa shape index (κ3) is 4.23. The van der Waals surface area contributed by atoms with Gasteiger partial charge >= 0.3 is 0 Å². The number of ether oxygens (including phenoxy) is 1. The van der Waals surface area contributed by atoms with E-state index in [0.29, 0.717) is 11.3 Å². The molecule has 26 heavy (non-hydrogen) atoms. The molecule has 0 unspecified atom stereocenters. The number of hydrogen-bond acceptors (Lipinski definition) is 5. The Bertz CT molecular complexity index is 969. The lowest BCUT2D eigenvalue weighted by atomic mass is 10.1. The lowest BCUT2D eigenvalue weighted by molar-refractivity contribution is 0.102. The van der Waals surface area contributed by atoms with Crippen molar-refractivity contribution in [3.8, 4) is 11.4 Å². The molecule has 0 atom stereocenters. The van der Waals surface area contributed by atoms with Crippen molar-refractivity contribution in [3.05, 3.63) is 81.3 Å². The zero-order valence-electron chi connectivity index (χ0n) is 13.9. The zero-order chi connectivity index (χ0) is 18.5. The number of carbonyl (C=O) groups is 1. The second kappa shape index (κ2) is 8.33. The minimum Gasteiger partial charge on any atom is -0.497 e. The first-order chi connectivity index (χ1) is 12.6. The van der Waals surface area contributed by atoms with Crippen LogP contribution in [0.25, 0.3) is 5.69 Å². The van der Waals surface area contributed by atoms with Crippen LogP contribution in [-0.2, 0) is 0 Å². The van der Waals surface area contributed by atoms with Crippen molar-refractivity contribution < 1.29 is 9.53 Å². The smallest absolute Gasteiger partial charge is 0.287 e. The van der Waals surface area contributed by atoms with Gasteiger partial charge in [-0.3, -0.25) is 14.2 Å². The number of methoxy groups -OCH3 is 1. The molecule has 1 heterocycles. The molecule has 3 rings (SSSR count). The Hall–Kier alpha value is -2.38. The molecule has 0 aliphatic heterocycles. The van der Waals surface area contributed by atoms with Gasteiger partial charge in [-0.15, -0.1) is 0 Å². The summed E-state index contributed by atoms with van der Waals surface area (Å²) in [5, 5.41) is 0.289. The second-order valence-electron chi connectivity index (χ2n) is 5.32. The molecule has 7 heteroatoms. The number of ketones is 1. The van der Waals surface area contributed by atoms with Crippen LogP contribution in [0, 0.1) is 0 Å². The van der Waals surface area contributed by atoms with Gasteiger partial charge < -0.3 is 4.74 Å². The Labute approximate surface area is 163 Å². The highest BCUT2D eigenvalue weighted by molar-refractivity contribution is 9.10. The van der Waals surface area contributed by atoms with E-state index in [2.05, 4.69) is 20.9 Å². The topological polar surface area (TPSA) is 61.2 Å². The molecule has 0 radical (unpaired) electrons. The Morgan fingerprint density at radius 2 is 1.85 bits per heavy atom. The molecule has 0 aliphatic carbocycles. The summed E-state index contributed by atoms with van der Waals surface area (Å²) >= 11 is 4.51. The minimum atomic E-state index is -0.248. The van der Waals surface area contributed by atoms with Crippen LogP contribution >= 0.6 is 27.7 Å². The Morgan fingerprint density at radius 3 is 2.50 bits per heavy atom. The molecule has 3 aromatic rings. The third-order valence-corrected chi connectivity index (χ3v) is 5.15. The van der Waals surface area contributed by atoms with E-state index < -0.39 is 0 Å². The second-order valence-corrected chi connectivity index (χ2v) is 7.20. The molecular weight excluding hydrogens is 416 g/mol. The molecule has 0 saturated carbocycles. The first-order valence-corrected chi connectivity index (χ1v) is 9.50. The maximum absolute atomic E-state index is 12.6. The number of carbonyl (C=O) groups excluding carboxylic acids is 1. The van der Waals surface area contributed by atoms with Crippen LogP contribution in [0.3, 0.4) is 0 Å². The van der Waals surface area contributed by atoms with Crippen LogP contribution in [0.2, 0.25) is 0 Å². The van der Waals surface area contributed by atoms with E-state index in [-0.39, 0.29) is 22.1 Å². The summed E-state index contributed by atoms with van der Waals surface area (Å²) < 4.78 is 7.53. The van der Waals surface area contributed by atoms with Crippen molar-refractivity contribution in [1.29, 1.82) is 0 Å². The number of thioether (sulfide) groups is 1. The van der Waals surface area contributed by atoms with Crippen LogP contribution in [0.15, 0.2) is 75.2 Å². The molecule has 132 valence electrons. The molecule has 0 bridgehead atoms. The number of rotatable bonds is 6. The fourth-order valence-corrected chi connectivity index (χ4v) is 3.35. The lowest BCUT2D eigenvalue weighted by Crippen LogP contribution is -2.21. The predicted octanol–water partition coefficient (Wildman–Crippen LogP) is 3.98. The highest BCUT2D eigenvalue weighted by Gasteiger charge is 2.11. The zero-order valence-corrected chi connectivity index (χ0v) is 16.3. The van der Waals surface area contributed by atoms with E-state index in [9.17, 15) is 9.59 Å². The van der Waals surface area contributed by atoms with Gasteiger partial charge in [-0.05, 0) is 48.5 Å². The lowest BCUT2D eigenvalue weighted by Gasteiger charge is -2.07. The van der Waals surface area contributed by atoms with Gasteiger partial charge in [0.15, 0.2) is 10.8 Å². The summed E-state index contributed by atoms with van der Waals surface area (Å²) in [6, 6.07) is 14.3. The van der Waals surface area contributed by atoms with Crippen LogP contribution in [-0.4, -0.2) is 28.2 Å².